The summed E-state index contributed by atoms with van der Waals surface area (Å²) in [7, 11) is 0. The van der Waals surface area contributed by atoms with Crippen LogP contribution in [-0.2, 0) is 0 Å². The molecule has 1 amide bonds. The Bertz CT molecular complexity index is 248. The molecule has 1 aliphatic heterocycles. The molecule has 0 saturated carbocycles. The average molecular weight is 183 g/mol. The monoisotopic (exact) mass is 183 g/mol. The van der Waals surface area contributed by atoms with Gasteiger partial charge < -0.3 is 5.11 Å². The molecule has 1 fully saturated rings. The van der Waals surface area contributed by atoms with E-state index >= 15 is 0 Å². The van der Waals surface area contributed by atoms with Gasteiger partial charge in [-0.3, -0.25) is 10.2 Å². The molecule has 1 saturated heterocycles. The molecule has 1 rings (SSSR count). The van der Waals surface area contributed by atoms with Crippen molar-refractivity contribution in [2.45, 2.75) is 32.0 Å². The van der Waals surface area contributed by atoms with Crippen LogP contribution >= 0.6 is 0 Å². The molecule has 5 heteroatoms. The fraction of sp³-hybridized carbons (Fsp3) is 0.750. The molecule has 0 aromatic rings. The Kier molecular flexibility index (Phi) is 2.73. The van der Waals surface area contributed by atoms with Crippen molar-refractivity contribution in [2.75, 3.05) is 6.54 Å². The largest absolute Gasteiger partial charge is 0.465 e. The topological polar surface area (TPSA) is 76.4 Å². The van der Waals surface area contributed by atoms with Gasteiger partial charge in [-0.15, -0.1) is 0 Å². The molecule has 72 valence electrons. The van der Waals surface area contributed by atoms with Gasteiger partial charge in [-0.25, -0.2) is 4.79 Å². The van der Waals surface area contributed by atoms with Crippen LogP contribution in [0.5, 0.6) is 0 Å². The van der Waals surface area contributed by atoms with Crippen LogP contribution in [0.1, 0.15) is 13.8 Å². The Morgan fingerprint density at radius 2 is 2.31 bits per heavy atom. The van der Waals surface area contributed by atoms with Crippen molar-refractivity contribution >= 4 is 6.09 Å². The number of nitriles is 1. The van der Waals surface area contributed by atoms with Gasteiger partial charge in [0.05, 0.1) is 12.1 Å². The van der Waals surface area contributed by atoms with Crippen molar-refractivity contribution in [3.63, 3.8) is 0 Å². The molecular formula is C8H13N3O2. The van der Waals surface area contributed by atoms with Crippen LogP contribution < -0.4 is 5.32 Å². The molecule has 0 spiro atoms. The summed E-state index contributed by atoms with van der Waals surface area (Å²) in [6.45, 7) is 4.10. The fourth-order valence-electron chi connectivity index (χ4n) is 1.64. The second kappa shape index (κ2) is 3.62. The van der Waals surface area contributed by atoms with E-state index < -0.39 is 12.1 Å². The fourth-order valence-corrected chi connectivity index (χ4v) is 1.64. The molecule has 0 aromatic carbocycles. The normalized spacial score (nSPS) is 33.9. The van der Waals surface area contributed by atoms with Crippen LogP contribution in [0.15, 0.2) is 0 Å². The van der Waals surface area contributed by atoms with Crippen molar-refractivity contribution in [3.8, 4) is 6.07 Å². The van der Waals surface area contributed by atoms with Crippen LogP contribution in [0, 0.1) is 11.3 Å². The van der Waals surface area contributed by atoms with E-state index in [9.17, 15) is 4.79 Å². The zero-order chi connectivity index (χ0) is 10.0. The van der Waals surface area contributed by atoms with Crippen LogP contribution in [0.25, 0.3) is 0 Å². The third kappa shape index (κ3) is 1.73. The van der Waals surface area contributed by atoms with Crippen LogP contribution in [0.4, 0.5) is 4.79 Å². The minimum absolute atomic E-state index is 0.0721. The van der Waals surface area contributed by atoms with Crippen molar-refractivity contribution in [2.24, 2.45) is 0 Å². The standard InChI is InChI=1S/C8H13N3O2/c1-5-4-10-7(3-9)6(2)11(5)8(12)13/h5-7,10H,4H2,1-2H3,(H,12,13). The molecule has 5 nitrogen and oxygen atoms in total. The number of rotatable bonds is 0. The Hall–Kier alpha value is -1.28. The molecule has 1 aliphatic rings. The van der Waals surface area contributed by atoms with E-state index in [2.05, 4.69) is 5.32 Å². The number of hydrogen-bond acceptors (Lipinski definition) is 3. The van der Waals surface area contributed by atoms with Crippen molar-refractivity contribution in [1.82, 2.24) is 10.2 Å². The summed E-state index contributed by atoms with van der Waals surface area (Å²) in [5.74, 6) is 0. The quantitative estimate of drug-likeness (QED) is 0.564. The maximum absolute atomic E-state index is 10.8. The predicted octanol–water partition coefficient (Wildman–Crippen LogP) is 0.239. The molecule has 1 heterocycles. The van der Waals surface area contributed by atoms with E-state index in [1.54, 1.807) is 6.92 Å². The Balaban J connectivity index is 2.79. The number of piperazine rings is 1. The summed E-state index contributed by atoms with van der Waals surface area (Å²) in [4.78, 5) is 12.1. The summed E-state index contributed by atoms with van der Waals surface area (Å²) in [5.41, 5.74) is 0. The summed E-state index contributed by atoms with van der Waals surface area (Å²) in [5, 5.41) is 20.6. The third-order valence-electron chi connectivity index (χ3n) is 2.39. The first kappa shape index (κ1) is 9.81. The van der Waals surface area contributed by atoms with Crippen molar-refractivity contribution in [3.05, 3.63) is 0 Å². The van der Waals surface area contributed by atoms with Crippen LogP contribution in [0.2, 0.25) is 0 Å². The first-order valence-corrected chi connectivity index (χ1v) is 4.22. The minimum Gasteiger partial charge on any atom is -0.465 e. The lowest BCUT2D eigenvalue weighted by molar-refractivity contribution is 0.0809. The maximum atomic E-state index is 10.8. The van der Waals surface area contributed by atoms with E-state index in [0.29, 0.717) is 6.54 Å². The molecule has 2 N–H and O–H groups in total. The number of carbonyl (C=O) groups is 1. The van der Waals surface area contributed by atoms with Gasteiger partial charge in [-0.1, -0.05) is 0 Å². The second-order valence-electron chi connectivity index (χ2n) is 3.29. The third-order valence-corrected chi connectivity index (χ3v) is 2.39. The summed E-state index contributed by atoms with van der Waals surface area (Å²) < 4.78 is 0. The van der Waals surface area contributed by atoms with Gasteiger partial charge in [0.15, 0.2) is 0 Å². The molecule has 0 radical (unpaired) electrons. The minimum atomic E-state index is -0.957. The van der Waals surface area contributed by atoms with Gasteiger partial charge in [0.2, 0.25) is 0 Å². The number of nitrogens with zero attached hydrogens (tertiary/aromatic N) is 2. The van der Waals surface area contributed by atoms with E-state index in [1.165, 1.54) is 4.90 Å². The zero-order valence-electron chi connectivity index (χ0n) is 7.69. The van der Waals surface area contributed by atoms with Gasteiger partial charge >= 0.3 is 6.09 Å². The smallest absolute Gasteiger partial charge is 0.407 e. The molecule has 13 heavy (non-hydrogen) atoms. The summed E-state index contributed by atoms with van der Waals surface area (Å²) in [6.07, 6.45) is -0.957. The highest BCUT2D eigenvalue weighted by Crippen LogP contribution is 2.14. The highest BCUT2D eigenvalue weighted by Gasteiger charge is 2.35. The Morgan fingerprint density at radius 3 is 2.77 bits per heavy atom. The predicted molar refractivity (Wildman–Crippen MR) is 46.2 cm³/mol. The highest BCUT2D eigenvalue weighted by molar-refractivity contribution is 5.66. The van der Waals surface area contributed by atoms with E-state index in [0.717, 1.165) is 0 Å². The van der Waals surface area contributed by atoms with Gasteiger partial charge in [-0.2, -0.15) is 5.26 Å². The van der Waals surface area contributed by atoms with Gasteiger partial charge in [0, 0.05) is 12.6 Å². The van der Waals surface area contributed by atoms with Gasteiger partial charge in [0.1, 0.15) is 6.04 Å². The molecular weight excluding hydrogens is 170 g/mol. The number of hydrogen-bond donors (Lipinski definition) is 2. The number of amides is 1. The van der Waals surface area contributed by atoms with Crippen molar-refractivity contribution in [1.29, 1.82) is 5.26 Å². The Morgan fingerprint density at radius 1 is 1.69 bits per heavy atom. The molecule has 0 aromatic heterocycles. The van der Waals surface area contributed by atoms with E-state index in [-0.39, 0.29) is 12.1 Å². The SMILES string of the molecule is CC1CNC(C#N)C(C)N1C(=O)O. The lowest BCUT2D eigenvalue weighted by atomic mass is 10.0. The summed E-state index contributed by atoms with van der Waals surface area (Å²) in [6, 6.07) is 1.29. The average Bonchev–Trinajstić information content (AvgIpc) is 2.04. The number of nitrogens with one attached hydrogen (secondary N) is 1. The Labute approximate surface area is 76.9 Å². The maximum Gasteiger partial charge on any atom is 0.407 e. The van der Waals surface area contributed by atoms with Crippen LogP contribution in [0.3, 0.4) is 0 Å². The summed E-state index contributed by atoms with van der Waals surface area (Å²) >= 11 is 0. The molecule has 3 atom stereocenters. The van der Waals surface area contributed by atoms with Gasteiger partial charge in [0.25, 0.3) is 0 Å². The lowest BCUT2D eigenvalue weighted by Crippen LogP contribution is -2.61. The lowest BCUT2D eigenvalue weighted by Gasteiger charge is -2.39. The van der Waals surface area contributed by atoms with Crippen molar-refractivity contribution < 1.29 is 9.90 Å². The van der Waals surface area contributed by atoms with E-state index in [1.807, 2.05) is 13.0 Å². The second-order valence-corrected chi connectivity index (χ2v) is 3.29. The van der Waals surface area contributed by atoms with Crippen LogP contribution in [-0.4, -0.2) is 40.8 Å². The first-order valence-electron chi connectivity index (χ1n) is 4.22. The van der Waals surface area contributed by atoms with Gasteiger partial charge in [-0.05, 0) is 13.8 Å². The molecule has 0 aliphatic carbocycles. The first-order chi connectivity index (χ1) is 6.07. The molecule has 3 unspecified atom stereocenters. The number of carboxylic acid groups (broad SMARTS) is 1. The van der Waals surface area contributed by atoms with E-state index in [4.69, 9.17) is 10.4 Å². The highest BCUT2D eigenvalue weighted by atomic mass is 16.4. The molecule has 0 bridgehead atoms. The zero-order valence-corrected chi connectivity index (χ0v) is 7.69.